The molecule has 0 spiro atoms. The summed E-state index contributed by atoms with van der Waals surface area (Å²) in [6.07, 6.45) is 10.9. The van der Waals surface area contributed by atoms with Crippen molar-refractivity contribution in [2.45, 2.75) is 70.2 Å². The molecule has 2 fully saturated rings. The van der Waals surface area contributed by atoms with Gasteiger partial charge in [-0.1, -0.05) is 19.3 Å². The quantitative estimate of drug-likeness (QED) is 0.805. The van der Waals surface area contributed by atoms with Gasteiger partial charge in [-0.15, -0.1) is 0 Å². The van der Waals surface area contributed by atoms with Crippen molar-refractivity contribution >= 4 is 0 Å². The molecule has 2 rings (SSSR count). The number of hydrogen-bond donors (Lipinski definition) is 1. The third-order valence-corrected chi connectivity index (χ3v) is 4.05. The first-order chi connectivity index (χ1) is 8.40. The van der Waals surface area contributed by atoms with E-state index in [-0.39, 0.29) is 19.0 Å². The normalized spacial score (nSPS) is 29.1. The Balaban J connectivity index is 1.81. The Morgan fingerprint density at radius 3 is 2.47 bits per heavy atom. The van der Waals surface area contributed by atoms with Crippen LogP contribution >= 0.6 is 0 Å². The van der Waals surface area contributed by atoms with Crippen LogP contribution in [0.5, 0.6) is 0 Å². The molecule has 100 valence electrons. The molecule has 17 heavy (non-hydrogen) atoms. The maximum Gasteiger partial charge on any atom is 0.157 e. The van der Waals surface area contributed by atoms with Crippen molar-refractivity contribution in [3.63, 3.8) is 0 Å². The van der Waals surface area contributed by atoms with Crippen molar-refractivity contribution in [2.75, 3.05) is 13.2 Å². The van der Waals surface area contributed by atoms with Gasteiger partial charge in [0, 0.05) is 13.2 Å². The minimum atomic E-state index is -0.0118. The lowest BCUT2D eigenvalue weighted by Gasteiger charge is -2.34. The minimum Gasteiger partial charge on any atom is -0.396 e. The molecular formula is C14H26O3. The molecule has 1 aliphatic heterocycles. The summed E-state index contributed by atoms with van der Waals surface area (Å²) in [6, 6.07) is 0. The highest BCUT2D eigenvalue weighted by Gasteiger charge is 2.27. The Hall–Kier alpha value is -0.120. The lowest BCUT2D eigenvalue weighted by atomic mass is 9.84. The van der Waals surface area contributed by atoms with Gasteiger partial charge in [0.25, 0.3) is 0 Å². The molecule has 1 heterocycles. The molecule has 0 bridgehead atoms. The maximum atomic E-state index is 9.18. The van der Waals surface area contributed by atoms with E-state index < -0.39 is 0 Å². The topological polar surface area (TPSA) is 38.7 Å². The molecule has 2 atom stereocenters. The molecule has 0 aromatic rings. The average Bonchev–Trinajstić information content (AvgIpc) is 2.40. The summed E-state index contributed by atoms with van der Waals surface area (Å²) < 4.78 is 11.7. The van der Waals surface area contributed by atoms with E-state index in [0.717, 1.165) is 25.9 Å². The van der Waals surface area contributed by atoms with E-state index in [2.05, 4.69) is 0 Å². The fourth-order valence-electron chi connectivity index (χ4n) is 3.06. The van der Waals surface area contributed by atoms with Crippen LogP contribution in [0.3, 0.4) is 0 Å². The largest absolute Gasteiger partial charge is 0.396 e. The zero-order valence-corrected chi connectivity index (χ0v) is 10.8. The average molecular weight is 242 g/mol. The summed E-state index contributed by atoms with van der Waals surface area (Å²) in [7, 11) is 0. The van der Waals surface area contributed by atoms with Crippen molar-refractivity contribution in [1.29, 1.82) is 0 Å². The first kappa shape index (κ1) is 13.3. The van der Waals surface area contributed by atoms with Gasteiger partial charge in [0.05, 0.1) is 6.10 Å². The third-order valence-electron chi connectivity index (χ3n) is 4.05. The van der Waals surface area contributed by atoms with E-state index in [1.54, 1.807) is 0 Å². The van der Waals surface area contributed by atoms with Crippen molar-refractivity contribution in [3.05, 3.63) is 0 Å². The van der Waals surface area contributed by atoms with Crippen LogP contribution in [0.2, 0.25) is 0 Å². The SMILES string of the molecule is OCCC(OC1CCCCO1)C1CCCCC1. The summed E-state index contributed by atoms with van der Waals surface area (Å²) in [4.78, 5) is 0. The van der Waals surface area contributed by atoms with E-state index in [1.807, 2.05) is 0 Å². The van der Waals surface area contributed by atoms with Gasteiger partial charge in [-0.3, -0.25) is 0 Å². The highest BCUT2D eigenvalue weighted by atomic mass is 16.7. The van der Waals surface area contributed by atoms with Crippen LogP contribution in [-0.4, -0.2) is 30.7 Å². The highest BCUT2D eigenvalue weighted by molar-refractivity contribution is 4.75. The molecule has 0 amide bonds. The number of aliphatic hydroxyl groups is 1. The molecule has 0 aromatic carbocycles. The van der Waals surface area contributed by atoms with E-state index in [4.69, 9.17) is 9.47 Å². The molecule has 3 nitrogen and oxygen atoms in total. The van der Waals surface area contributed by atoms with Crippen LogP contribution in [0.25, 0.3) is 0 Å². The highest BCUT2D eigenvalue weighted by Crippen LogP contribution is 2.31. The van der Waals surface area contributed by atoms with E-state index >= 15 is 0 Å². The zero-order chi connectivity index (χ0) is 11.9. The summed E-state index contributed by atoms with van der Waals surface area (Å²) >= 11 is 0. The molecule has 1 N–H and O–H groups in total. The summed E-state index contributed by atoms with van der Waals surface area (Å²) in [5, 5.41) is 9.18. The number of hydrogen-bond acceptors (Lipinski definition) is 3. The van der Waals surface area contributed by atoms with Gasteiger partial charge in [0.1, 0.15) is 0 Å². The second-order valence-electron chi connectivity index (χ2n) is 5.38. The van der Waals surface area contributed by atoms with Gasteiger partial charge in [-0.05, 0) is 44.4 Å². The van der Waals surface area contributed by atoms with Crippen molar-refractivity contribution < 1.29 is 14.6 Å². The second kappa shape index (κ2) is 7.34. The van der Waals surface area contributed by atoms with Crippen molar-refractivity contribution in [1.82, 2.24) is 0 Å². The molecule has 2 unspecified atom stereocenters. The van der Waals surface area contributed by atoms with Gasteiger partial charge >= 0.3 is 0 Å². The maximum absolute atomic E-state index is 9.18. The Labute approximate surface area is 104 Å². The van der Waals surface area contributed by atoms with E-state index in [1.165, 1.54) is 38.5 Å². The van der Waals surface area contributed by atoms with Crippen LogP contribution in [0, 0.1) is 5.92 Å². The molecule has 0 aromatic heterocycles. The van der Waals surface area contributed by atoms with Crippen molar-refractivity contribution in [2.24, 2.45) is 5.92 Å². The van der Waals surface area contributed by atoms with Gasteiger partial charge < -0.3 is 14.6 Å². The lowest BCUT2D eigenvalue weighted by Crippen LogP contribution is -2.34. The number of rotatable bonds is 5. The van der Waals surface area contributed by atoms with Crippen molar-refractivity contribution in [3.8, 4) is 0 Å². The summed E-state index contributed by atoms with van der Waals surface area (Å²) in [5.74, 6) is 0.640. The predicted octanol–water partition coefficient (Wildman–Crippen LogP) is 2.86. The summed E-state index contributed by atoms with van der Waals surface area (Å²) in [5.41, 5.74) is 0. The molecule has 2 aliphatic rings. The molecule has 1 aliphatic carbocycles. The van der Waals surface area contributed by atoms with Gasteiger partial charge in [-0.2, -0.15) is 0 Å². The molecular weight excluding hydrogens is 216 g/mol. The Kier molecular flexibility index (Phi) is 5.75. The first-order valence-corrected chi connectivity index (χ1v) is 7.28. The smallest absolute Gasteiger partial charge is 0.157 e. The third kappa shape index (κ3) is 4.23. The van der Waals surface area contributed by atoms with E-state index in [9.17, 15) is 5.11 Å². The van der Waals surface area contributed by atoms with Crippen LogP contribution in [0.4, 0.5) is 0 Å². The lowest BCUT2D eigenvalue weighted by molar-refractivity contribution is -0.203. The van der Waals surface area contributed by atoms with Gasteiger partial charge in [0.2, 0.25) is 0 Å². The molecule has 0 radical (unpaired) electrons. The Morgan fingerprint density at radius 2 is 1.82 bits per heavy atom. The van der Waals surface area contributed by atoms with E-state index in [0.29, 0.717) is 5.92 Å². The first-order valence-electron chi connectivity index (χ1n) is 7.28. The minimum absolute atomic E-state index is 0.0118. The number of aliphatic hydroxyl groups excluding tert-OH is 1. The monoisotopic (exact) mass is 242 g/mol. The Bertz CT molecular complexity index is 196. The Morgan fingerprint density at radius 1 is 1.06 bits per heavy atom. The predicted molar refractivity (Wildman–Crippen MR) is 66.7 cm³/mol. The summed E-state index contributed by atoms with van der Waals surface area (Å²) in [6.45, 7) is 1.06. The molecule has 1 saturated carbocycles. The van der Waals surface area contributed by atoms with Crippen LogP contribution < -0.4 is 0 Å². The fraction of sp³-hybridized carbons (Fsp3) is 1.00. The second-order valence-corrected chi connectivity index (χ2v) is 5.38. The molecule has 1 saturated heterocycles. The fourth-order valence-corrected chi connectivity index (χ4v) is 3.06. The van der Waals surface area contributed by atoms with Gasteiger partial charge in [-0.25, -0.2) is 0 Å². The van der Waals surface area contributed by atoms with Crippen LogP contribution in [-0.2, 0) is 9.47 Å². The molecule has 3 heteroatoms. The van der Waals surface area contributed by atoms with Crippen LogP contribution in [0.15, 0.2) is 0 Å². The van der Waals surface area contributed by atoms with Gasteiger partial charge in [0.15, 0.2) is 6.29 Å². The standard InChI is InChI=1S/C14H26O3/c15-10-9-13(12-6-2-1-3-7-12)17-14-8-4-5-11-16-14/h12-15H,1-11H2. The number of ether oxygens (including phenoxy) is 2. The van der Waals surface area contributed by atoms with Crippen LogP contribution in [0.1, 0.15) is 57.8 Å². The zero-order valence-electron chi connectivity index (χ0n) is 10.8.